The number of hydrogen-bond acceptors (Lipinski definition) is 4. The standard InChI is InChI=1S/C9H10N6S/c1-5-12-8(14-13-5)6-2-3-7(10)15(4-6)9(11)16/h2-4,10H,1H3,(H2,11,16)(H,12,13,14). The lowest BCUT2D eigenvalue weighted by Gasteiger charge is -2.04. The van der Waals surface area contributed by atoms with E-state index < -0.39 is 0 Å². The minimum absolute atomic E-state index is 0.124. The molecule has 0 aromatic carbocycles. The van der Waals surface area contributed by atoms with Gasteiger partial charge >= 0.3 is 0 Å². The zero-order valence-corrected chi connectivity index (χ0v) is 9.38. The maximum atomic E-state index is 7.61. The Morgan fingerprint density at radius 3 is 2.88 bits per heavy atom. The molecule has 2 aromatic rings. The van der Waals surface area contributed by atoms with Gasteiger partial charge in [-0.1, -0.05) is 0 Å². The maximum Gasteiger partial charge on any atom is 0.182 e. The van der Waals surface area contributed by atoms with Gasteiger partial charge in [0, 0.05) is 11.8 Å². The van der Waals surface area contributed by atoms with Gasteiger partial charge in [-0.3, -0.25) is 15.1 Å². The molecule has 2 heterocycles. The van der Waals surface area contributed by atoms with Crippen LogP contribution in [0.3, 0.4) is 0 Å². The van der Waals surface area contributed by atoms with Gasteiger partial charge in [0.15, 0.2) is 10.9 Å². The Morgan fingerprint density at radius 1 is 1.56 bits per heavy atom. The Morgan fingerprint density at radius 2 is 2.31 bits per heavy atom. The van der Waals surface area contributed by atoms with Crippen molar-refractivity contribution in [2.24, 2.45) is 5.73 Å². The predicted molar refractivity (Wildman–Crippen MR) is 62.6 cm³/mol. The summed E-state index contributed by atoms with van der Waals surface area (Å²) >= 11 is 4.84. The van der Waals surface area contributed by atoms with E-state index in [-0.39, 0.29) is 10.6 Å². The molecule has 6 nitrogen and oxygen atoms in total. The van der Waals surface area contributed by atoms with Crippen LogP contribution < -0.4 is 11.2 Å². The van der Waals surface area contributed by atoms with Gasteiger partial charge in [-0.25, -0.2) is 4.98 Å². The molecule has 4 N–H and O–H groups in total. The summed E-state index contributed by atoms with van der Waals surface area (Å²) in [6.07, 6.45) is 1.65. The van der Waals surface area contributed by atoms with Crippen molar-refractivity contribution >= 4 is 17.3 Å². The fraction of sp³-hybridized carbons (Fsp3) is 0.111. The average molecular weight is 234 g/mol. The number of aromatic amines is 1. The van der Waals surface area contributed by atoms with Crippen LogP contribution >= 0.6 is 12.2 Å². The molecular formula is C9H10N6S. The third-order valence-electron chi connectivity index (χ3n) is 2.04. The van der Waals surface area contributed by atoms with Crippen LogP contribution in [-0.4, -0.2) is 24.9 Å². The highest BCUT2D eigenvalue weighted by Crippen LogP contribution is 2.11. The molecule has 2 rings (SSSR count). The van der Waals surface area contributed by atoms with Crippen molar-refractivity contribution in [3.05, 3.63) is 29.6 Å². The molecule has 0 bridgehead atoms. The molecule has 16 heavy (non-hydrogen) atoms. The van der Waals surface area contributed by atoms with E-state index in [1.165, 1.54) is 4.57 Å². The Hall–Kier alpha value is -2.02. The number of nitrogens with two attached hydrogens (primary N) is 1. The first kappa shape index (κ1) is 10.5. The number of pyridine rings is 1. The summed E-state index contributed by atoms with van der Waals surface area (Å²) in [6, 6.07) is 3.35. The zero-order valence-electron chi connectivity index (χ0n) is 8.56. The Labute approximate surface area is 96.6 Å². The number of hydrogen-bond donors (Lipinski definition) is 3. The molecule has 0 saturated carbocycles. The number of rotatable bonds is 1. The van der Waals surface area contributed by atoms with Crippen molar-refractivity contribution in [1.82, 2.24) is 19.7 Å². The lowest BCUT2D eigenvalue weighted by molar-refractivity contribution is 0.976. The molecule has 0 aliphatic rings. The minimum atomic E-state index is 0.124. The van der Waals surface area contributed by atoms with Crippen molar-refractivity contribution in [3.63, 3.8) is 0 Å². The monoisotopic (exact) mass is 234 g/mol. The Bertz CT molecular complexity index is 596. The summed E-state index contributed by atoms with van der Waals surface area (Å²) in [5.41, 5.74) is 6.48. The molecule has 7 heteroatoms. The van der Waals surface area contributed by atoms with Gasteiger partial charge in [-0.05, 0) is 31.3 Å². The predicted octanol–water partition coefficient (Wildman–Crippen LogP) is 0.153. The van der Waals surface area contributed by atoms with Gasteiger partial charge in [-0.15, -0.1) is 0 Å². The smallest absolute Gasteiger partial charge is 0.182 e. The lowest BCUT2D eigenvalue weighted by Crippen LogP contribution is -2.30. The summed E-state index contributed by atoms with van der Waals surface area (Å²) in [7, 11) is 0. The molecule has 0 aliphatic carbocycles. The van der Waals surface area contributed by atoms with E-state index in [2.05, 4.69) is 15.2 Å². The largest absolute Gasteiger partial charge is 0.376 e. The van der Waals surface area contributed by atoms with Crippen LogP contribution in [0, 0.1) is 12.3 Å². The third kappa shape index (κ3) is 1.84. The van der Waals surface area contributed by atoms with Crippen molar-refractivity contribution in [2.75, 3.05) is 0 Å². The second-order valence-electron chi connectivity index (χ2n) is 3.26. The van der Waals surface area contributed by atoms with Gasteiger partial charge in [0.2, 0.25) is 0 Å². The first-order chi connectivity index (χ1) is 7.58. The number of aromatic nitrogens is 4. The summed E-state index contributed by atoms with van der Waals surface area (Å²) in [4.78, 5) is 4.19. The number of aryl methyl sites for hydroxylation is 1. The summed E-state index contributed by atoms with van der Waals surface area (Å²) < 4.78 is 1.40. The van der Waals surface area contributed by atoms with Gasteiger partial charge in [0.1, 0.15) is 11.3 Å². The molecule has 0 atom stereocenters. The van der Waals surface area contributed by atoms with E-state index in [0.29, 0.717) is 5.82 Å². The number of thiocarbonyl (C=S) groups is 1. The molecule has 0 fully saturated rings. The number of nitrogens with zero attached hydrogens (tertiary/aromatic N) is 3. The lowest BCUT2D eigenvalue weighted by atomic mass is 10.2. The number of H-pyrrole nitrogens is 1. The third-order valence-corrected chi connectivity index (χ3v) is 2.24. The van der Waals surface area contributed by atoms with E-state index in [0.717, 1.165) is 11.4 Å². The molecule has 0 unspecified atom stereocenters. The van der Waals surface area contributed by atoms with Gasteiger partial charge in [0.05, 0.1) is 0 Å². The molecule has 82 valence electrons. The summed E-state index contributed by atoms with van der Waals surface area (Å²) in [5.74, 6) is 1.29. The van der Waals surface area contributed by atoms with Crippen LogP contribution in [-0.2, 0) is 0 Å². The van der Waals surface area contributed by atoms with Gasteiger partial charge in [0.25, 0.3) is 0 Å². The van der Waals surface area contributed by atoms with Crippen molar-refractivity contribution < 1.29 is 0 Å². The van der Waals surface area contributed by atoms with E-state index in [9.17, 15) is 0 Å². The highest BCUT2D eigenvalue weighted by atomic mass is 32.1. The number of nitrogens with one attached hydrogen (secondary N) is 2. The first-order valence-corrected chi connectivity index (χ1v) is 4.95. The van der Waals surface area contributed by atoms with Crippen LogP contribution in [0.25, 0.3) is 11.4 Å². The SMILES string of the molecule is Cc1nc(-c2ccc(=N)n(C(N)=S)c2)n[nH]1. The minimum Gasteiger partial charge on any atom is -0.376 e. The van der Waals surface area contributed by atoms with Crippen molar-refractivity contribution in [2.45, 2.75) is 6.92 Å². The van der Waals surface area contributed by atoms with E-state index in [4.69, 9.17) is 23.4 Å². The normalized spacial score (nSPS) is 10.3. The molecule has 0 saturated heterocycles. The Kier molecular flexibility index (Phi) is 2.53. The second kappa shape index (κ2) is 3.86. The van der Waals surface area contributed by atoms with Crippen LogP contribution in [0.15, 0.2) is 18.3 Å². The second-order valence-corrected chi connectivity index (χ2v) is 3.67. The first-order valence-electron chi connectivity index (χ1n) is 4.54. The molecule has 0 aliphatic heterocycles. The molecule has 2 aromatic heterocycles. The zero-order chi connectivity index (χ0) is 11.7. The fourth-order valence-electron chi connectivity index (χ4n) is 1.29. The van der Waals surface area contributed by atoms with Crippen molar-refractivity contribution in [1.29, 1.82) is 5.41 Å². The van der Waals surface area contributed by atoms with Crippen LogP contribution in [0.5, 0.6) is 0 Å². The van der Waals surface area contributed by atoms with Crippen LogP contribution in [0.2, 0.25) is 0 Å². The van der Waals surface area contributed by atoms with Gasteiger partial charge in [-0.2, -0.15) is 5.10 Å². The Balaban J connectivity index is 2.55. The molecule has 0 radical (unpaired) electrons. The molecule has 0 amide bonds. The highest BCUT2D eigenvalue weighted by Gasteiger charge is 2.05. The summed E-state index contributed by atoms with van der Waals surface area (Å²) in [5, 5.41) is 14.5. The highest BCUT2D eigenvalue weighted by molar-refractivity contribution is 7.80. The van der Waals surface area contributed by atoms with Gasteiger partial charge < -0.3 is 5.73 Å². The fourth-order valence-corrected chi connectivity index (χ4v) is 1.44. The van der Waals surface area contributed by atoms with Crippen LogP contribution in [0.4, 0.5) is 0 Å². The quantitative estimate of drug-likeness (QED) is 0.612. The topological polar surface area (TPSA) is 96.4 Å². The summed E-state index contributed by atoms with van der Waals surface area (Å²) in [6.45, 7) is 1.82. The van der Waals surface area contributed by atoms with E-state index >= 15 is 0 Å². The maximum absolute atomic E-state index is 7.61. The molecule has 0 spiro atoms. The molecular weight excluding hydrogens is 224 g/mol. The van der Waals surface area contributed by atoms with Crippen LogP contribution in [0.1, 0.15) is 5.82 Å². The van der Waals surface area contributed by atoms with E-state index in [1.54, 1.807) is 18.3 Å². The van der Waals surface area contributed by atoms with E-state index in [1.807, 2.05) is 6.92 Å². The van der Waals surface area contributed by atoms with Crippen molar-refractivity contribution in [3.8, 4) is 11.4 Å². The average Bonchev–Trinajstić information content (AvgIpc) is 2.65.